The molecule has 0 aromatic heterocycles. The maximum absolute atomic E-state index is 10.7. The molecule has 5 heteroatoms. The van der Waals surface area contributed by atoms with E-state index in [1.165, 1.54) is 0 Å². The van der Waals surface area contributed by atoms with Crippen LogP contribution in [0.5, 0.6) is 0 Å². The van der Waals surface area contributed by atoms with E-state index in [1.807, 2.05) is 0 Å². The number of hydrogen-bond acceptors (Lipinski definition) is 5. The van der Waals surface area contributed by atoms with Crippen LogP contribution in [0.1, 0.15) is 13.8 Å². The van der Waals surface area contributed by atoms with E-state index < -0.39 is 18.4 Å². The van der Waals surface area contributed by atoms with Crippen LogP contribution in [0.3, 0.4) is 0 Å². The second-order valence-corrected chi connectivity index (χ2v) is 2.21. The fourth-order valence-electron chi connectivity index (χ4n) is 0.441. The molecule has 0 aromatic rings. The van der Waals surface area contributed by atoms with Gasteiger partial charge in [0.05, 0.1) is 0 Å². The third kappa shape index (κ3) is 7.24. The van der Waals surface area contributed by atoms with Gasteiger partial charge in [0, 0.05) is 0 Å². The summed E-state index contributed by atoms with van der Waals surface area (Å²) in [6.07, 6.45) is -1.06. The highest BCUT2D eigenvalue weighted by Gasteiger charge is 2.06. The third-order valence-corrected chi connectivity index (χ3v) is 0.781. The van der Waals surface area contributed by atoms with Crippen molar-refractivity contribution in [2.45, 2.75) is 26.3 Å². The van der Waals surface area contributed by atoms with E-state index in [4.69, 9.17) is 16.2 Å². The van der Waals surface area contributed by atoms with Crippen molar-refractivity contribution in [1.82, 2.24) is 0 Å². The minimum absolute atomic E-state index is 0.154. The Morgan fingerprint density at radius 2 is 1.91 bits per heavy atom. The summed E-state index contributed by atoms with van der Waals surface area (Å²) in [6.45, 7) is 3.03. The molecule has 0 rings (SSSR count). The van der Waals surface area contributed by atoms with Crippen LogP contribution in [0.4, 0.5) is 0 Å². The van der Waals surface area contributed by atoms with Crippen LogP contribution in [0, 0.1) is 0 Å². The second kappa shape index (κ2) is 5.06. The molecule has 0 bridgehead atoms. The van der Waals surface area contributed by atoms with Crippen molar-refractivity contribution in [3.05, 3.63) is 0 Å². The summed E-state index contributed by atoms with van der Waals surface area (Å²) in [7, 11) is 0. The van der Waals surface area contributed by atoms with Crippen LogP contribution in [0.2, 0.25) is 0 Å². The average molecular weight is 162 g/mol. The lowest BCUT2D eigenvalue weighted by Gasteiger charge is -2.09. The van der Waals surface area contributed by atoms with E-state index in [1.54, 1.807) is 13.8 Å². The van der Waals surface area contributed by atoms with Crippen molar-refractivity contribution in [3.8, 4) is 0 Å². The fourth-order valence-corrected chi connectivity index (χ4v) is 0.441. The number of nitrogens with two attached hydrogens (primary N) is 2. The lowest BCUT2D eigenvalue weighted by molar-refractivity contribution is -0.155. The summed E-state index contributed by atoms with van der Waals surface area (Å²) in [5.41, 5.74) is 10.4. The normalized spacial score (nSPS) is 15.6. The van der Waals surface area contributed by atoms with Gasteiger partial charge < -0.3 is 15.2 Å². The highest BCUT2D eigenvalue weighted by Crippen LogP contribution is 1.86. The number of esters is 1. The lowest BCUT2D eigenvalue weighted by atomic mass is 10.6. The Bertz CT molecular complexity index is 125. The molecule has 0 fully saturated rings. The van der Waals surface area contributed by atoms with E-state index in [9.17, 15) is 4.79 Å². The smallest absolute Gasteiger partial charge is 0.333 e. The Morgan fingerprint density at radius 3 is 2.27 bits per heavy atom. The lowest BCUT2D eigenvalue weighted by Crippen LogP contribution is -2.29. The second-order valence-electron chi connectivity index (χ2n) is 2.21. The van der Waals surface area contributed by atoms with Gasteiger partial charge in [-0.2, -0.15) is 0 Å². The molecule has 0 saturated heterocycles. The number of hydrogen-bond donors (Lipinski definition) is 2. The highest BCUT2D eigenvalue weighted by molar-refractivity contribution is 5.70. The third-order valence-electron chi connectivity index (χ3n) is 0.781. The van der Waals surface area contributed by atoms with Crippen LogP contribution in [0.25, 0.3) is 0 Å². The number of carbonyl (C=O) groups is 1. The summed E-state index contributed by atoms with van der Waals surface area (Å²) in [6, 6.07) is 0. The molecule has 0 radical (unpaired) electrons. The average Bonchev–Trinajstić information content (AvgIpc) is 1.82. The topological polar surface area (TPSA) is 87.6 Å². The zero-order chi connectivity index (χ0) is 8.85. The van der Waals surface area contributed by atoms with E-state index in [2.05, 4.69) is 4.74 Å². The maximum Gasteiger partial charge on any atom is 0.333 e. The van der Waals surface area contributed by atoms with E-state index in [0.717, 1.165) is 0 Å². The molecule has 0 saturated carbocycles. The standard InChI is InChI=1S/C6H14N2O3/c1-4(7)10-3-6(9)11-5(2)8/h4-5H,3,7-8H2,1-2H3. The largest absolute Gasteiger partial charge is 0.445 e. The monoisotopic (exact) mass is 162 g/mol. The molecule has 11 heavy (non-hydrogen) atoms. The van der Waals surface area contributed by atoms with E-state index in [-0.39, 0.29) is 6.61 Å². The summed E-state index contributed by atoms with van der Waals surface area (Å²) >= 11 is 0. The molecule has 2 atom stereocenters. The Hall–Kier alpha value is -0.650. The van der Waals surface area contributed by atoms with Crippen LogP contribution >= 0.6 is 0 Å². The quantitative estimate of drug-likeness (QED) is 0.415. The van der Waals surface area contributed by atoms with Gasteiger partial charge in [0.25, 0.3) is 0 Å². The molecule has 0 aliphatic rings. The maximum atomic E-state index is 10.7. The minimum atomic E-state index is -0.598. The summed E-state index contributed by atoms with van der Waals surface area (Å²) < 4.78 is 9.31. The Kier molecular flexibility index (Phi) is 4.76. The van der Waals surface area contributed by atoms with Gasteiger partial charge in [0.15, 0.2) is 0 Å². The van der Waals surface area contributed by atoms with Gasteiger partial charge >= 0.3 is 5.97 Å². The molecule has 0 aromatic carbocycles. The summed E-state index contributed by atoms with van der Waals surface area (Å²) in [5.74, 6) is -0.503. The first-order valence-corrected chi connectivity index (χ1v) is 3.34. The van der Waals surface area contributed by atoms with Crippen molar-refractivity contribution < 1.29 is 14.3 Å². The molecule has 0 aliphatic carbocycles. The van der Waals surface area contributed by atoms with Crippen molar-refractivity contribution in [1.29, 1.82) is 0 Å². The molecule has 0 amide bonds. The van der Waals surface area contributed by atoms with Crippen molar-refractivity contribution >= 4 is 5.97 Å². The molecular formula is C6H14N2O3. The van der Waals surface area contributed by atoms with Gasteiger partial charge in [0.2, 0.25) is 0 Å². The van der Waals surface area contributed by atoms with Gasteiger partial charge in [-0.1, -0.05) is 0 Å². The molecule has 2 unspecified atom stereocenters. The Labute approximate surface area is 65.6 Å². The predicted molar refractivity (Wildman–Crippen MR) is 39.3 cm³/mol. The summed E-state index contributed by atoms with van der Waals surface area (Å²) in [4.78, 5) is 10.7. The molecule has 0 heterocycles. The van der Waals surface area contributed by atoms with Crippen LogP contribution in [-0.2, 0) is 14.3 Å². The molecule has 5 nitrogen and oxygen atoms in total. The molecule has 66 valence electrons. The first kappa shape index (κ1) is 10.3. The predicted octanol–water partition coefficient (Wildman–Crippen LogP) is -0.844. The van der Waals surface area contributed by atoms with Gasteiger partial charge in [-0.3, -0.25) is 5.73 Å². The first-order chi connectivity index (χ1) is 5.02. The van der Waals surface area contributed by atoms with Gasteiger partial charge in [0.1, 0.15) is 19.1 Å². The van der Waals surface area contributed by atoms with Crippen LogP contribution < -0.4 is 11.5 Å². The highest BCUT2D eigenvalue weighted by atomic mass is 16.6. The zero-order valence-corrected chi connectivity index (χ0v) is 6.74. The van der Waals surface area contributed by atoms with Crippen molar-refractivity contribution in [2.24, 2.45) is 11.5 Å². The number of rotatable bonds is 4. The van der Waals surface area contributed by atoms with Gasteiger partial charge in [-0.15, -0.1) is 0 Å². The van der Waals surface area contributed by atoms with Crippen molar-refractivity contribution in [3.63, 3.8) is 0 Å². The Morgan fingerprint density at radius 1 is 1.36 bits per heavy atom. The van der Waals surface area contributed by atoms with Gasteiger partial charge in [-0.05, 0) is 13.8 Å². The molecule has 0 spiro atoms. The molecular weight excluding hydrogens is 148 g/mol. The fraction of sp³-hybridized carbons (Fsp3) is 0.833. The molecule has 4 N–H and O–H groups in total. The first-order valence-electron chi connectivity index (χ1n) is 3.34. The summed E-state index contributed by atoms with van der Waals surface area (Å²) in [5, 5.41) is 0. The van der Waals surface area contributed by atoms with Gasteiger partial charge in [-0.25, -0.2) is 4.79 Å². The molecule has 0 aliphatic heterocycles. The van der Waals surface area contributed by atoms with Crippen molar-refractivity contribution in [2.75, 3.05) is 6.61 Å². The minimum Gasteiger partial charge on any atom is -0.445 e. The SMILES string of the molecule is CC(N)OCC(=O)OC(C)N. The van der Waals surface area contributed by atoms with Crippen LogP contribution in [-0.4, -0.2) is 25.0 Å². The Balaban J connectivity index is 3.38. The number of carbonyl (C=O) groups excluding carboxylic acids is 1. The number of ether oxygens (including phenoxy) is 2. The van der Waals surface area contributed by atoms with E-state index in [0.29, 0.717) is 0 Å². The van der Waals surface area contributed by atoms with E-state index >= 15 is 0 Å². The van der Waals surface area contributed by atoms with Crippen LogP contribution in [0.15, 0.2) is 0 Å². The zero-order valence-electron chi connectivity index (χ0n) is 6.74.